The van der Waals surface area contributed by atoms with Crippen molar-refractivity contribution >= 4 is 23.5 Å². The van der Waals surface area contributed by atoms with Crippen LogP contribution in [0.4, 0.5) is 11.6 Å². The Balaban J connectivity index is 1.69. The van der Waals surface area contributed by atoms with Crippen LogP contribution in [-0.2, 0) is 17.6 Å². The third kappa shape index (κ3) is 4.30. The fourth-order valence-electron chi connectivity index (χ4n) is 3.41. The SMILES string of the molecule is CCc1cccc(CC)c1NC(=O)c1cnc(N2CCN(C(C)=O)CC2)nc1. The number of benzene rings is 1. The standard InChI is InChI=1S/C21H27N5O2/c1-4-16-7-6-8-17(5-2)19(16)24-20(28)18-13-22-21(23-14-18)26-11-9-25(10-12-26)15(3)27/h6-8,13-14H,4-5,9-12H2,1-3H3,(H,24,28). The summed E-state index contributed by atoms with van der Waals surface area (Å²) in [5.74, 6) is 0.470. The summed E-state index contributed by atoms with van der Waals surface area (Å²) in [6.07, 6.45) is 4.83. The van der Waals surface area contributed by atoms with Crippen molar-refractivity contribution in [1.82, 2.24) is 14.9 Å². The van der Waals surface area contributed by atoms with E-state index in [4.69, 9.17) is 0 Å². The van der Waals surface area contributed by atoms with Gasteiger partial charge in [-0.1, -0.05) is 32.0 Å². The van der Waals surface area contributed by atoms with E-state index in [1.807, 2.05) is 28.0 Å². The largest absolute Gasteiger partial charge is 0.339 e. The highest BCUT2D eigenvalue weighted by Crippen LogP contribution is 2.23. The van der Waals surface area contributed by atoms with Crippen molar-refractivity contribution in [2.24, 2.45) is 0 Å². The van der Waals surface area contributed by atoms with E-state index in [0.29, 0.717) is 37.7 Å². The summed E-state index contributed by atoms with van der Waals surface area (Å²) in [5.41, 5.74) is 3.56. The average molecular weight is 381 g/mol. The Morgan fingerprint density at radius 3 is 2.07 bits per heavy atom. The van der Waals surface area contributed by atoms with Crippen molar-refractivity contribution < 1.29 is 9.59 Å². The number of carbonyl (C=O) groups excluding carboxylic acids is 2. The van der Waals surface area contributed by atoms with E-state index in [1.54, 1.807) is 19.3 Å². The van der Waals surface area contributed by atoms with E-state index in [2.05, 4.69) is 29.1 Å². The Morgan fingerprint density at radius 2 is 1.57 bits per heavy atom. The number of para-hydroxylation sites is 1. The van der Waals surface area contributed by atoms with Gasteiger partial charge in [-0.05, 0) is 24.0 Å². The number of nitrogens with one attached hydrogen (secondary N) is 1. The van der Waals surface area contributed by atoms with Gasteiger partial charge in [0.2, 0.25) is 11.9 Å². The minimum absolute atomic E-state index is 0.0893. The van der Waals surface area contributed by atoms with Crippen molar-refractivity contribution in [3.05, 3.63) is 47.3 Å². The first-order valence-corrected chi connectivity index (χ1v) is 9.78. The smallest absolute Gasteiger partial charge is 0.258 e. The molecule has 1 saturated heterocycles. The van der Waals surface area contributed by atoms with Gasteiger partial charge in [0.1, 0.15) is 0 Å². The quantitative estimate of drug-likeness (QED) is 0.861. The van der Waals surface area contributed by atoms with Crippen molar-refractivity contribution in [2.45, 2.75) is 33.6 Å². The van der Waals surface area contributed by atoms with Crippen molar-refractivity contribution in [3.63, 3.8) is 0 Å². The van der Waals surface area contributed by atoms with Gasteiger partial charge >= 0.3 is 0 Å². The highest BCUT2D eigenvalue weighted by atomic mass is 16.2. The fraction of sp³-hybridized carbons (Fsp3) is 0.429. The summed E-state index contributed by atoms with van der Waals surface area (Å²) in [7, 11) is 0. The second-order valence-electron chi connectivity index (χ2n) is 6.88. The molecule has 0 atom stereocenters. The van der Waals surface area contributed by atoms with Gasteiger partial charge in [0.05, 0.1) is 5.56 Å². The minimum Gasteiger partial charge on any atom is -0.339 e. The number of carbonyl (C=O) groups is 2. The van der Waals surface area contributed by atoms with Crippen LogP contribution < -0.4 is 10.2 Å². The molecule has 0 spiro atoms. The Morgan fingerprint density at radius 1 is 1.00 bits per heavy atom. The van der Waals surface area contributed by atoms with Gasteiger partial charge in [-0.2, -0.15) is 0 Å². The molecule has 3 rings (SSSR count). The van der Waals surface area contributed by atoms with Crippen LogP contribution in [0.25, 0.3) is 0 Å². The third-order valence-electron chi connectivity index (χ3n) is 5.15. The lowest BCUT2D eigenvalue weighted by Gasteiger charge is -2.34. The van der Waals surface area contributed by atoms with Gasteiger partial charge in [0.25, 0.3) is 5.91 Å². The molecule has 28 heavy (non-hydrogen) atoms. The van der Waals surface area contributed by atoms with Crippen LogP contribution in [-0.4, -0.2) is 52.9 Å². The summed E-state index contributed by atoms with van der Waals surface area (Å²) in [5, 5.41) is 3.04. The molecule has 2 aromatic rings. The van der Waals surface area contributed by atoms with Crippen LogP contribution in [0.15, 0.2) is 30.6 Å². The number of hydrogen-bond acceptors (Lipinski definition) is 5. The first-order chi connectivity index (χ1) is 13.5. The molecule has 0 saturated carbocycles. The molecule has 0 radical (unpaired) electrons. The van der Waals surface area contributed by atoms with Gasteiger partial charge in [0.15, 0.2) is 0 Å². The number of aryl methyl sites for hydroxylation is 2. The van der Waals surface area contributed by atoms with Gasteiger partial charge in [0, 0.05) is 51.2 Å². The molecule has 1 aliphatic rings. The first kappa shape index (κ1) is 19.8. The molecule has 1 aliphatic heterocycles. The number of aromatic nitrogens is 2. The van der Waals surface area contributed by atoms with E-state index in [9.17, 15) is 9.59 Å². The van der Waals surface area contributed by atoms with Gasteiger partial charge in [-0.25, -0.2) is 9.97 Å². The van der Waals surface area contributed by atoms with Crippen LogP contribution in [0.1, 0.15) is 42.3 Å². The number of nitrogens with zero attached hydrogens (tertiary/aromatic N) is 4. The van der Waals surface area contributed by atoms with Crippen LogP contribution in [0.5, 0.6) is 0 Å². The number of piperazine rings is 1. The zero-order chi connectivity index (χ0) is 20.1. The van der Waals surface area contributed by atoms with Gasteiger partial charge in [-0.15, -0.1) is 0 Å². The lowest BCUT2D eigenvalue weighted by molar-refractivity contribution is -0.129. The molecule has 0 aliphatic carbocycles. The second-order valence-corrected chi connectivity index (χ2v) is 6.88. The average Bonchev–Trinajstić information content (AvgIpc) is 2.74. The van der Waals surface area contributed by atoms with Gasteiger partial charge in [-0.3, -0.25) is 9.59 Å². The molecule has 1 aromatic carbocycles. The molecule has 0 bridgehead atoms. The fourth-order valence-corrected chi connectivity index (χ4v) is 3.41. The van der Waals surface area contributed by atoms with E-state index in [1.165, 1.54) is 0 Å². The van der Waals surface area contributed by atoms with Crippen LogP contribution >= 0.6 is 0 Å². The van der Waals surface area contributed by atoms with Crippen LogP contribution in [0, 0.1) is 0 Å². The molecule has 7 heteroatoms. The normalized spacial score (nSPS) is 14.1. The number of rotatable bonds is 5. The van der Waals surface area contributed by atoms with Crippen molar-refractivity contribution in [1.29, 1.82) is 0 Å². The topological polar surface area (TPSA) is 78.4 Å². The summed E-state index contributed by atoms with van der Waals surface area (Å²) in [6.45, 7) is 8.44. The summed E-state index contributed by atoms with van der Waals surface area (Å²) < 4.78 is 0. The molecule has 148 valence electrons. The Labute approximate surface area is 165 Å². The number of amides is 2. The van der Waals surface area contributed by atoms with E-state index < -0.39 is 0 Å². The lowest BCUT2D eigenvalue weighted by atomic mass is 10.0. The molecule has 2 heterocycles. The van der Waals surface area contributed by atoms with E-state index in [-0.39, 0.29) is 11.8 Å². The Hall–Kier alpha value is -2.96. The first-order valence-electron chi connectivity index (χ1n) is 9.78. The zero-order valence-corrected chi connectivity index (χ0v) is 16.7. The third-order valence-corrected chi connectivity index (χ3v) is 5.15. The monoisotopic (exact) mass is 381 g/mol. The van der Waals surface area contributed by atoms with Crippen molar-refractivity contribution in [3.8, 4) is 0 Å². The maximum atomic E-state index is 12.7. The predicted molar refractivity (Wildman–Crippen MR) is 110 cm³/mol. The Kier molecular flexibility index (Phi) is 6.23. The summed E-state index contributed by atoms with van der Waals surface area (Å²) in [6, 6.07) is 6.10. The molecular formula is C21H27N5O2. The van der Waals surface area contributed by atoms with Crippen LogP contribution in [0.3, 0.4) is 0 Å². The minimum atomic E-state index is -0.205. The van der Waals surface area contributed by atoms with Crippen LogP contribution in [0.2, 0.25) is 0 Å². The predicted octanol–water partition coefficient (Wildman–Crippen LogP) is 2.52. The molecular weight excluding hydrogens is 354 g/mol. The van der Waals surface area contributed by atoms with Crippen molar-refractivity contribution in [2.75, 3.05) is 36.4 Å². The molecule has 0 unspecified atom stereocenters. The highest BCUT2D eigenvalue weighted by Gasteiger charge is 2.21. The summed E-state index contributed by atoms with van der Waals surface area (Å²) >= 11 is 0. The molecule has 1 N–H and O–H groups in total. The zero-order valence-electron chi connectivity index (χ0n) is 16.7. The summed E-state index contributed by atoms with van der Waals surface area (Å²) in [4.78, 5) is 36.7. The number of hydrogen-bond donors (Lipinski definition) is 1. The molecule has 1 aromatic heterocycles. The second kappa shape index (κ2) is 8.82. The maximum absolute atomic E-state index is 12.7. The maximum Gasteiger partial charge on any atom is 0.258 e. The highest BCUT2D eigenvalue weighted by molar-refractivity contribution is 6.04. The Bertz CT molecular complexity index is 820. The van der Waals surface area contributed by atoms with E-state index >= 15 is 0 Å². The molecule has 7 nitrogen and oxygen atoms in total. The van der Waals surface area contributed by atoms with E-state index in [0.717, 1.165) is 29.7 Å². The van der Waals surface area contributed by atoms with Gasteiger partial charge < -0.3 is 15.1 Å². The lowest BCUT2D eigenvalue weighted by Crippen LogP contribution is -2.48. The number of anilines is 2. The molecule has 2 amide bonds. The molecule has 1 fully saturated rings.